The fourth-order valence-corrected chi connectivity index (χ4v) is 6.09. The summed E-state index contributed by atoms with van der Waals surface area (Å²) in [5.74, 6) is 0.234. The first-order valence-electron chi connectivity index (χ1n) is 6.54. The minimum Gasteiger partial charge on any atom is -0.396 e. The van der Waals surface area contributed by atoms with E-state index in [2.05, 4.69) is 6.92 Å². The van der Waals surface area contributed by atoms with Crippen LogP contribution in [0.4, 0.5) is 10.7 Å². The molecule has 1 atom stereocenters. The molecular weight excluding hydrogens is 330 g/mol. The van der Waals surface area contributed by atoms with Crippen molar-refractivity contribution in [2.45, 2.75) is 23.5 Å². The number of carbonyl (C=O) groups is 1. The summed E-state index contributed by atoms with van der Waals surface area (Å²) in [5.41, 5.74) is 11.1. The van der Waals surface area contributed by atoms with Crippen LogP contribution in [0.15, 0.2) is 4.90 Å². The number of nitrogens with two attached hydrogens (primary N) is 2. The molecule has 21 heavy (non-hydrogen) atoms. The topological polar surface area (TPSA) is 106 Å². The number of nitrogens with zero attached hydrogens (tertiary/aromatic N) is 1. The number of amides is 1. The van der Waals surface area contributed by atoms with E-state index in [1.807, 2.05) is 16.7 Å². The molecule has 2 rings (SSSR count). The van der Waals surface area contributed by atoms with E-state index in [9.17, 15) is 13.2 Å². The number of hydrogen-bond acceptors (Lipinski definition) is 7. The maximum atomic E-state index is 12.0. The number of thiophene rings is 1. The van der Waals surface area contributed by atoms with E-state index in [1.54, 1.807) is 0 Å². The Morgan fingerprint density at radius 1 is 1.48 bits per heavy atom. The van der Waals surface area contributed by atoms with Crippen molar-refractivity contribution >= 4 is 49.5 Å². The zero-order valence-corrected chi connectivity index (χ0v) is 14.4. The largest absolute Gasteiger partial charge is 0.396 e. The maximum Gasteiger partial charge on any atom is 0.261 e. The van der Waals surface area contributed by atoms with E-state index in [1.165, 1.54) is 0 Å². The summed E-state index contributed by atoms with van der Waals surface area (Å²) in [6.07, 6.45) is 2.12. The van der Waals surface area contributed by atoms with Crippen molar-refractivity contribution < 1.29 is 13.2 Å². The normalized spacial score (nSPS) is 19.7. The molecule has 1 aliphatic heterocycles. The maximum absolute atomic E-state index is 12.0. The quantitative estimate of drug-likeness (QED) is 0.845. The Kier molecular flexibility index (Phi) is 4.74. The van der Waals surface area contributed by atoms with E-state index >= 15 is 0 Å². The number of anilines is 2. The molecule has 0 radical (unpaired) electrons. The lowest BCUT2D eigenvalue weighted by Crippen LogP contribution is -2.37. The molecule has 1 aliphatic rings. The lowest BCUT2D eigenvalue weighted by Gasteiger charge is -2.33. The molecule has 9 heteroatoms. The van der Waals surface area contributed by atoms with Crippen molar-refractivity contribution in [1.82, 2.24) is 0 Å². The van der Waals surface area contributed by atoms with Gasteiger partial charge in [0.25, 0.3) is 5.91 Å². The molecule has 118 valence electrons. The molecule has 1 amide bonds. The smallest absolute Gasteiger partial charge is 0.261 e. The highest BCUT2D eigenvalue weighted by molar-refractivity contribution is 8.00. The Bertz CT molecular complexity index is 654. The molecule has 1 aromatic heterocycles. The van der Waals surface area contributed by atoms with E-state index < -0.39 is 15.7 Å². The molecule has 0 saturated carbocycles. The highest BCUT2D eigenvalue weighted by atomic mass is 32.2. The van der Waals surface area contributed by atoms with Gasteiger partial charge in [0.05, 0.1) is 5.69 Å². The zero-order chi connectivity index (χ0) is 15.8. The number of carbonyl (C=O) groups excluding carboxylic acids is 1. The van der Waals surface area contributed by atoms with Crippen molar-refractivity contribution in [3.8, 4) is 0 Å². The van der Waals surface area contributed by atoms with Gasteiger partial charge in [0, 0.05) is 30.3 Å². The first-order chi connectivity index (χ1) is 9.75. The summed E-state index contributed by atoms with van der Waals surface area (Å²) in [7, 11) is -3.52. The summed E-state index contributed by atoms with van der Waals surface area (Å²) < 4.78 is 24.1. The summed E-state index contributed by atoms with van der Waals surface area (Å²) in [6.45, 7) is 3.60. The van der Waals surface area contributed by atoms with Crippen LogP contribution < -0.4 is 16.4 Å². The Labute approximate surface area is 132 Å². The lowest BCUT2D eigenvalue weighted by atomic mass is 10.3. The van der Waals surface area contributed by atoms with Gasteiger partial charge in [-0.15, -0.1) is 11.3 Å². The van der Waals surface area contributed by atoms with Gasteiger partial charge in [0.2, 0.25) is 0 Å². The Morgan fingerprint density at radius 3 is 2.67 bits per heavy atom. The summed E-state index contributed by atoms with van der Waals surface area (Å²) in [6, 6.07) is 0. The van der Waals surface area contributed by atoms with Gasteiger partial charge in [-0.3, -0.25) is 4.79 Å². The number of hydrogen-bond donors (Lipinski definition) is 2. The minimum absolute atomic E-state index is 0.0173. The Morgan fingerprint density at radius 2 is 2.14 bits per heavy atom. The van der Waals surface area contributed by atoms with Crippen LogP contribution in [-0.2, 0) is 9.84 Å². The standard InChI is InChI=1S/C12H19N3O3S3/c1-3-7-6-15(4-5-19-7)12-10(21(2,17)18)8(13)9(20-12)11(14)16/h7H,3-6,13H2,1-2H3,(H2,14,16). The van der Waals surface area contributed by atoms with Crippen LogP contribution in [-0.4, -0.2) is 44.7 Å². The average molecular weight is 350 g/mol. The average Bonchev–Trinajstić information content (AvgIpc) is 2.76. The van der Waals surface area contributed by atoms with Crippen molar-refractivity contribution in [2.75, 3.05) is 35.7 Å². The molecule has 1 aromatic rings. The second-order valence-corrected chi connectivity index (χ2v) is 9.32. The summed E-state index contributed by atoms with van der Waals surface area (Å²) in [5, 5.41) is 0.995. The predicted octanol–water partition coefficient (Wildman–Crippen LogP) is 1.16. The second kappa shape index (κ2) is 6.05. The minimum atomic E-state index is -3.52. The fourth-order valence-electron chi connectivity index (χ4n) is 2.32. The molecule has 0 spiro atoms. The summed E-state index contributed by atoms with van der Waals surface area (Å²) >= 11 is 2.96. The van der Waals surface area contributed by atoms with Crippen LogP contribution in [0.25, 0.3) is 0 Å². The molecule has 2 heterocycles. The van der Waals surface area contributed by atoms with Crippen LogP contribution in [0, 0.1) is 0 Å². The van der Waals surface area contributed by atoms with Gasteiger partial charge >= 0.3 is 0 Å². The van der Waals surface area contributed by atoms with Gasteiger partial charge in [0.1, 0.15) is 14.8 Å². The highest BCUT2D eigenvalue weighted by Gasteiger charge is 2.31. The molecule has 6 nitrogen and oxygen atoms in total. The van der Waals surface area contributed by atoms with Crippen molar-refractivity contribution in [3.63, 3.8) is 0 Å². The number of thioether (sulfide) groups is 1. The molecule has 1 saturated heterocycles. The SMILES string of the molecule is CCC1CN(c2sc(C(N)=O)c(N)c2S(C)(=O)=O)CCS1. The molecule has 1 fully saturated rings. The van der Waals surface area contributed by atoms with E-state index in [-0.39, 0.29) is 15.5 Å². The summed E-state index contributed by atoms with van der Waals surface area (Å²) in [4.78, 5) is 13.6. The molecule has 1 unspecified atom stereocenters. The van der Waals surface area contributed by atoms with Crippen LogP contribution in [0.1, 0.15) is 23.0 Å². The second-order valence-electron chi connectivity index (χ2n) is 4.96. The first-order valence-corrected chi connectivity index (χ1v) is 10.3. The van der Waals surface area contributed by atoms with Gasteiger partial charge < -0.3 is 16.4 Å². The van der Waals surface area contributed by atoms with Crippen molar-refractivity contribution in [1.29, 1.82) is 0 Å². The Balaban J connectivity index is 2.52. The van der Waals surface area contributed by atoms with Crippen LogP contribution in [0.5, 0.6) is 0 Å². The van der Waals surface area contributed by atoms with Crippen molar-refractivity contribution in [3.05, 3.63) is 4.88 Å². The molecular formula is C12H19N3O3S3. The third-order valence-corrected chi connectivity index (χ3v) is 7.30. The molecule has 0 aromatic carbocycles. The Hall–Kier alpha value is -0.930. The van der Waals surface area contributed by atoms with Crippen molar-refractivity contribution in [2.24, 2.45) is 5.73 Å². The van der Waals surface area contributed by atoms with Gasteiger partial charge in [-0.2, -0.15) is 11.8 Å². The van der Waals surface area contributed by atoms with Crippen LogP contribution >= 0.6 is 23.1 Å². The number of sulfone groups is 1. The third-order valence-electron chi connectivity index (χ3n) is 3.36. The van der Waals surface area contributed by atoms with Gasteiger partial charge in [-0.1, -0.05) is 6.92 Å². The lowest BCUT2D eigenvalue weighted by molar-refractivity contribution is 0.100. The predicted molar refractivity (Wildman–Crippen MR) is 89.1 cm³/mol. The monoisotopic (exact) mass is 349 g/mol. The molecule has 0 aliphatic carbocycles. The highest BCUT2D eigenvalue weighted by Crippen LogP contribution is 2.42. The third kappa shape index (κ3) is 3.29. The fraction of sp³-hybridized carbons (Fsp3) is 0.583. The molecule has 4 N–H and O–H groups in total. The zero-order valence-electron chi connectivity index (χ0n) is 12.0. The van der Waals surface area contributed by atoms with E-state index in [4.69, 9.17) is 11.5 Å². The first kappa shape index (κ1) is 16.4. The van der Waals surface area contributed by atoms with Gasteiger partial charge in [0.15, 0.2) is 9.84 Å². The number of nitrogen functional groups attached to an aromatic ring is 1. The number of rotatable bonds is 4. The van der Waals surface area contributed by atoms with E-state index in [0.717, 1.165) is 42.9 Å². The van der Waals surface area contributed by atoms with Gasteiger partial charge in [-0.05, 0) is 6.42 Å². The molecule has 0 bridgehead atoms. The van der Waals surface area contributed by atoms with E-state index in [0.29, 0.717) is 10.3 Å². The van der Waals surface area contributed by atoms with Crippen LogP contribution in [0.2, 0.25) is 0 Å². The van der Waals surface area contributed by atoms with Gasteiger partial charge in [-0.25, -0.2) is 8.42 Å². The number of primary amides is 1. The van der Waals surface area contributed by atoms with Crippen LogP contribution in [0.3, 0.4) is 0 Å².